The Labute approximate surface area is 60.5 Å². The van der Waals surface area contributed by atoms with Crippen molar-refractivity contribution in [3.05, 3.63) is 15.1 Å². The predicted octanol–water partition coefficient (Wildman–Crippen LogP) is -0.280. The average Bonchev–Trinajstić information content (AvgIpc) is 1.82. The van der Waals surface area contributed by atoms with Crippen molar-refractivity contribution in [1.29, 1.82) is 0 Å². The number of anilines is 1. The Morgan fingerprint density at radius 1 is 1.50 bits per heavy atom. The number of aromatic amines is 2. The van der Waals surface area contributed by atoms with Gasteiger partial charge in [0.2, 0.25) is 5.88 Å². The highest BCUT2D eigenvalue weighted by atomic mass is 32.1. The van der Waals surface area contributed by atoms with Gasteiger partial charge in [-0.3, -0.25) is 9.78 Å². The average molecular weight is 159 g/mol. The molecular formula is C4H5N3O2S. The first-order valence-electron chi connectivity index (χ1n) is 2.42. The molecule has 1 aromatic heterocycles. The van der Waals surface area contributed by atoms with Crippen LogP contribution in [0, 0.1) is 4.77 Å². The van der Waals surface area contributed by atoms with E-state index in [4.69, 9.17) is 10.8 Å². The zero-order chi connectivity index (χ0) is 7.72. The van der Waals surface area contributed by atoms with Crippen molar-refractivity contribution in [1.82, 2.24) is 9.97 Å². The van der Waals surface area contributed by atoms with E-state index < -0.39 is 11.4 Å². The molecule has 0 fully saturated rings. The van der Waals surface area contributed by atoms with Crippen molar-refractivity contribution in [2.24, 2.45) is 0 Å². The zero-order valence-corrected chi connectivity index (χ0v) is 5.66. The van der Waals surface area contributed by atoms with Crippen molar-refractivity contribution < 1.29 is 5.11 Å². The first kappa shape index (κ1) is 6.81. The molecule has 0 atom stereocenters. The third-order valence-electron chi connectivity index (χ3n) is 0.959. The summed E-state index contributed by atoms with van der Waals surface area (Å²) in [6.07, 6.45) is 0. The van der Waals surface area contributed by atoms with Gasteiger partial charge in [0.25, 0.3) is 5.56 Å². The molecule has 0 bridgehead atoms. The van der Waals surface area contributed by atoms with Crippen molar-refractivity contribution in [2.75, 3.05) is 5.73 Å². The molecule has 10 heavy (non-hydrogen) atoms. The maximum Gasteiger partial charge on any atom is 0.278 e. The number of hydrogen-bond donors (Lipinski definition) is 4. The minimum absolute atomic E-state index is 0.0525. The molecule has 1 rings (SSSR count). The Balaban J connectivity index is 3.62. The third kappa shape index (κ3) is 1.01. The number of aromatic nitrogens is 2. The van der Waals surface area contributed by atoms with Crippen molar-refractivity contribution in [2.45, 2.75) is 0 Å². The standard InChI is InChI=1S/C4H5N3O2S/c5-1-2(8)6-4(10)7-3(1)9/h5H2,(H3,6,7,8,9,10). The molecule has 0 aliphatic carbocycles. The molecule has 1 aromatic rings. The maximum atomic E-state index is 10.6. The Kier molecular flexibility index (Phi) is 1.46. The maximum absolute atomic E-state index is 10.6. The second-order valence-corrected chi connectivity index (χ2v) is 2.08. The SMILES string of the molecule is Nc1c(O)[nH]c(=S)[nH]c1=O. The van der Waals surface area contributed by atoms with Crippen LogP contribution in [0.4, 0.5) is 5.69 Å². The number of nitrogens with two attached hydrogens (primary N) is 1. The van der Waals surface area contributed by atoms with E-state index in [1.165, 1.54) is 0 Å². The lowest BCUT2D eigenvalue weighted by Gasteiger charge is -1.93. The Hall–Kier alpha value is -1.30. The van der Waals surface area contributed by atoms with Gasteiger partial charge in [-0.15, -0.1) is 0 Å². The van der Waals surface area contributed by atoms with Gasteiger partial charge in [-0.05, 0) is 12.2 Å². The largest absolute Gasteiger partial charge is 0.493 e. The van der Waals surface area contributed by atoms with Crippen molar-refractivity contribution in [3.63, 3.8) is 0 Å². The lowest BCUT2D eigenvalue weighted by Crippen LogP contribution is -2.12. The smallest absolute Gasteiger partial charge is 0.278 e. The molecule has 5 nitrogen and oxygen atoms in total. The van der Waals surface area contributed by atoms with E-state index in [-0.39, 0.29) is 10.5 Å². The van der Waals surface area contributed by atoms with E-state index in [0.29, 0.717) is 0 Å². The molecule has 0 aromatic carbocycles. The van der Waals surface area contributed by atoms with Crippen LogP contribution in [0.2, 0.25) is 0 Å². The Morgan fingerprint density at radius 3 is 2.60 bits per heavy atom. The van der Waals surface area contributed by atoms with Crippen LogP contribution >= 0.6 is 12.2 Å². The van der Waals surface area contributed by atoms with Crippen LogP contribution in [0.5, 0.6) is 5.88 Å². The molecule has 1 heterocycles. The second-order valence-electron chi connectivity index (χ2n) is 1.67. The monoisotopic (exact) mass is 159 g/mol. The molecular weight excluding hydrogens is 154 g/mol. The lowest BCUT2D eigenvalue weighted by atomic mass is 10.5. The van der Waals surface area contributed by atoms with Gasteiger partial charge in [0.15, 0.2) is 10.5 Å². The predicted molar refractivity (Wildman–Crippen MR) is 38.3 cm³/mol. The van der Waals surface area contributed by atoms with Crippen LogP contribution in [-0.4, -0.2) is 15.1 Å². The van der Waals surface area contributed by atoms with E-state index in [1.54, 1.807) is 0 Å². The summed E-state index contributed by atoms with van der Waals surface area (Å²) in [5.74, 6) is -0.395. The fraction of sp³-hybridized carbons (Fsp3) is 0. The van der Waals surface area contributed by atoms with E-state index in [9.17, 15) is 4.79 Å². The minimum Gasteiger partial charge on any atom is -0.493 e. The van der Waals surface area contributed by atoms with Crippen molar-refractivity contribution >= 4 is 17.9 Å². The summed E-state index contributed by atoms with van der Waals surface area (Å²) < 4.78 is 0.0525. The van der Waals surface area contributed by atoms with Crippen LogP contribution in [0.1, 0.15) is 0 Å². The molecule has 5 N–H and O–H groups in total. The van der Waals surface area contributed by atoms with Gasteiger partial charge in [-0.25, -0.2) is 0 Å². The molecule has 0 amide bonds. The summed E-state index contributed by atoms with van der Waals surface area (Å²) in [4.78, 5) is 15.1. The number of aromatic hydroxyl groups is 1. The van der Waals surface area contributed by atoms with Gasteiger partial charge < -0.3 is 15.8 Å². The highest BCUT2D eigenvalue weighted by molar-refractivity contribution is 7.71. The Morgan fingerprint density at radius 2 is 2.10 bits per heavy atom. The number of rotatable bonds is 0. The first-order valence-corrected chi connectivity index (χ1v) is 2.83. The van der Waals surface area contributed by atoms with Crippen LogP contribution in [0.25, 0.3) is 0 Å². The summed E-state index contributed by atoms with van der Waals surface area (Å²) in [5.41, 5.74) is 4.24. The van der Waals surface area contributed by atoms with Crippen molar-refractivity contribution in [3.8, 4) is 5.88 Å². The van der Waals surface area contributed by atoms with E-state index in [0.717, 1.165) is 0 Å². The van der Waals surface area contributed by atoms with Crippen LogP contribution in [0.3, 0.4) is 0 Å². The highest BCUT2D eigenvalue weighted by Gasteiger charge is 1.99. The molecule has 0 spiro atoms. The molecule has 0 aliphatic heterocycles. The van der Waals surface area contributed by atoms with E-state index >= 15 is 0 Å². The molecule has 6 heteroatoms. The van der Waals surface area contributed by atoms with Crippen LogP contribution in [-0.2, 0) is 0 Å². The molecule has 0 saturated carbocycles. The van der Waals surface area contributed by atoms with E-state index in [2.05, 4.69) is 22.2 Å². The van der Waals surface area contributed by atoms with Crippen LogP contribution < -0.4 is 11.3 Å². The topological polar surface area (TPSA) is 94.9 Å². The van der Waals surface area contributed by atoms with Gasteiger partial charge in [-0.2, -0.15) is 0 Å². The summed E-state index contributed by atoms with van der Waals surface area (Å²) in [5, 5.41) is 8.81. The number of nitrogens with one attached hydrogen (secondary N) is 2. The minimum atomic E-state index is -0.582. The van der Waals surface area contributed by atoms with Gasteiger partial charge in [-0.1, -0.05) is 0 Å². The first-order chi connectivity index (χ1) is 4.61. The molecule has 0 saturated heterocycles. The summed E-state index contributed by atoms with van der Waals surface area (Å²) in [6, 6.07) is 0. The second kappa shape index (κ2) is 2.14. The van der Waals surface area contributed by atoms with Gasteiger partial charge in [0, 0.05) is 0 Å². The van der Waals surface area contributed by atoms with Gasteiger partial charge in [0.05, 0.1) is 0 Å². The summed E-state index contributed by atoms with van der Waals surface area (Å²) >= 11 is 4.52. The van der Waals surface area contributed by atoms with Crippen LogP contribution in [0.15, 0.2) is 4.79 Å². The summed E-state index contributed by atoms with van der Waals surface area (Å²) in [6.45, 7) is 0. The van der Waals surface area contributed by atoms with E-state index in [1.807, 2.05) is 0 Å². The highest BCUT2D eigenvalue weighted by Crippen LogP contribution is 2.06. The van der Waals surface area contributed by atoms with Gasteiger partial charge in [0.1, 0.15) is 0 Å². The normalized spacial score (nSPS) is 9.60. The van der Waals surface area contributed by atoms with Gasteiger partial charge >= 0.3 is 0 Å². The fourth-order valence-corrected chi connectivity index (χ4v) is 0.673. The quantitative estimate of drug-likeness (QED) is 0.391. The zero-order valence-electron chi connectivity index (χ0n) is 4.84. The molecule has 0 unspecified atom stereocenters. The molecule has 0 radical (unpaired) electrons. The number of H-pyrrole nitrogens is 2. The third-order valence-corrected chi connectivity index (χ3v) is 1.16. The Bertz CT molecular complexity index is 352. The number of hydrogen-bond acceptors (Lipinski definition) is 4. The summed E-state index contributed by atoms with van der Waals surface area (Å²) in [7, 11) is 0. The fourth-order valence-electron chi connectivity index (χ4n) is 0.484. The lowest BCUT2D eigenvalue weighted by molar-refractivity contribution is 0.453. The number of nitrogen functional groups attached to an aromatic ring is 1. The molecule has 0 aliphatic rings. The molecule has 54 valence electrons.